The maximum Gasteiger partial charge on any atom is 0.323 e. The van der Waals surface area contributed by atoms with E-state index >= 15 is 0 Å². The fraction of sp³-hybridized carbons (Fsp3) is 0.417. The number of fused-ring (bicyclic) bond motifs is 1. The van der Waals surface area contributed by atoms with Crippen molar-refractivity contribution in [2.24, 2.45) is 0 Å². The first-order chi connectivity index (χ1) is 7.83. The van der Waals surface area contributed by atoms with E-state index in [9.17, 15) is 4.79 Å². The SMILES string of the molecule is O=c1[nH]c2ccc(C3CCSCC3)cc2[nH]1. The lowest BCUT2D eigenvalue weighted by Crippen LogP contribution is -2.07. The largest absolute Gasteiger partial charge is 0.323 e. The highest BCUT2D eigenvalue weighted by molar-refractivity contribution is 7.99. The molecule has 0 radical (unpaired) electrons. The van der Waals surface area contributed by atoms with Crippen LogP contribution in [0.2, 0.25) is 0 Å². The van der Waals surface area contributed by atoms with Gasteiger partial charge in [0.15, 0.2) is 0 Å². The molecule has 16 heavy (non-hydrogen) atoms. The van der Waals surface area contributed by atoms with Crippen LogP contribution in [0.3, 0.4) is 0 Å². The third kappa shape index (κ3) is 1.78. The molecule has 3 rings (SSSR count). The lowest BCUT2D eigenvalue weighted by molar-refractivity contribution is 0.638. The highest BCUT2D eigenvalue weighted by atomic mass is 32.2. The number of thioether (sulfide) groups is 1. The Morgan fingerprint density at radius 3 is 2.69 bits per heavy atom. The van der Waals surface area contributed by atoms with Gasteiger partial charge in [-0.15, -0.1) is 0 Å². The van der Waals surface area contributed by atoms with E-state index in [1.54, 1.807) is 0 Å². The average molecular weight is 234 g/mol. The summed E-state index contributed by atoms with van der Waals surface area (Å²) in [4.78, 5) is 16.8. The Morgan fingerprint density at radius 2 is 1.88 bits per heavy atom. The fourth-order valence-electron chi connectivity index (χ4n) is 2.34. The molecule has 4 heteroatoms. The van der Waals surface area contributed by atoms with E-state index in [0.717, 1.165) is 11.0 Å². The van der Waals surface area contributed by atoms with Crippen LogP contribution in [0.5, 0.6) is 0 Å². The van der Waals surface area contributed by atoms with E-state index in [2.05, 4.69) is 22.1 Å². The maximum absolute atomic E-state index is 11.2. The Bertz CT molecular complexity index is 551. The summed E-state index contributed by atoms with van der Waals surface area (Å²) >= 11 is 2.04. The smallest absolute Gasteiger partial charge is 0.306 e. The van der Waals surface area contributed by atoms with Crippen LogP contribution in [0.15, 0.2) is 23.0 Å². The molecule has 0 spiro atoms. The van der Waals surface area contributed by atoms with Gasteiger partial charge < -0.3 is 9.97 Å². The van der Waals surface area contributed by atoms with E-state index < -0.39 is 0 Å². The lowest BCUT2D eigenvalue weighted by atomic mass is 9.93. The number of rotatable bonds is 1. The highest BCUT2D eigenvalue weighted by Crippen LogP contribution is 2.32. The van der Waals surface area contributed by atoms with Gasteiger partial charge >= 0.3 is 5.69 Å². The van der Waals surface area contributed by atoms with E-state index in [4.69, 9.17) is 0 Å². The zero-order valence-electron chi connectivity index (χ0n) is 8.95. The predicted octanol–water partition coefficient (Wildman–Crippen LogP) is 2.47. The first kappa shape index (κ1) is 10.0. The third-order valence-electron chi connectivity index (χ3n) is 3.23. The molecule has 1 aromatic carbocycles. The van der Waals surface area contributed by atoms with E-state index in [-0.39, 0.29) is 5.69 Å². The van der Waals surface area contributed by atoms with Crippen molar-refractivity contribution in [1.82, 2.24) is 9.97 Å². The zero-order valence-corrected chi connectivity index (χ0v) is 9.77. The van der Waals surface area contributed by atoms with Crippen molar-refractivity contribution in [3.8, 4) is 0 Å². The third-order valence-corrected chi connectivity index (χ3v) is 4.28. The summed E-state index contributed by atoms with van der Waals surface area (Å²) in [5.74, 6) is 3.18. The molecule has 1 aliphatic rings. The number of nitrogens with one attached hydrogen (secondary N) is 2. The van der Waals surface area contributed by atoms with Gasteiger partial charge in [-0.2, -0.15) is 11.8 Å². The van der Waals surface area contributed by atoms with Gasteiger partial charge in [-0.05, 0) is 48.0 Å². The Balaban J connectivity index is 2.00. The summed E-state index contributed by atoms with van der Waals surface area (Å²) in [5.41, 5.74) is 3.08. The van der Waals surface area contributed by atoms with Gasteiger partial charge in [0.05, 0.1) is 11.0 Å². The van der Waals surface area contributed by atoms with Crippen LogP contribution in [0.1, 0.15) is 24.3 Å². The highest BCUT2D eigenvalue weighted by Gasteiger charge is 2.16. The number of aromatic amines is 2. The minimum atomic E-state index is -0.119. The van der Waals surface area contributed by atoms with Gasteiger partial charge in [0.1, 0.15) is 0 Å². The van der Waals surface area contributed by atoms with Crippen LogP contribution in [0.25, 0.3) is 11.0 Å². The molecule has 0 amide bonds. The van der Waals surface area contributed by atoms with Crippen molar-refractivity contribution in [2.45, 2.75) is 18.8 Å². The second kappa shape index (κ2) is 4.01. The zero-order chi connectivity index (χ0) is 11.0. The van der Waals surface area contributed by atoms with Crippen LogP contribution >= 0.6 is 11.8 Å². The van der Waals surface area contributed by atoms with Crippen LogP contribution in [0, 0.1) is 0 Å². The summed E-state index contributed by atoms with van der Waals surface area (Å²) in [6.45, 7) is 0. The summed E-state index contributed by atoms with van der Waals surface area (Å²) < 4.78 is 0. The standard InChI is InChI=1S/C12H14N2OS/c15-12-13-10-2-1-9(7-11(10)14-12)8-3-5-16-6-4-8/h1-2,7-8H,3-6H2,(H2,13,14,15). The predicted molar refractivity (Wildman–Crippen MR) is 68.2 cm³/mol. The first-order valence-corrected chi connectivity index (χ1v) is 6.78. The van der Waals surface area contributed by atoms with Crippen molar-refractivity contribution in [1.29, 1.82) is 0 Å². The van der Waals surface area contributed by atoms with E-state index in [1.165, 1.54) is 29.9 Å². The van der Waals surface area contributed by atoms with Crippen LogP contribution < -0.4 is 5.69 Å². The molecular weight excluding hydrogens is 220 g/mol. The number of hydrogen-bond acceptors (Lipinski definition) is 2. The molecule has 84 valence electrons. The first-order valence-electron chi connectivity index (χ1n) is 5.62. The number of imidazole rings is 1. The second-order valence-corrected chi connectivity index (χ2v) is 5.50. The van der Waals surface area contributed by atoms with Gasteiger partial charge in [0.2, 0.25) is 0 Å². The molecule has 1 aromatic heterocycles. The van der Waals surface area contributed by atoms with Crippen molar-refractivity contribution >= 4 is 22.8 Å². The summed E-state index contributed by atoms with van der Waals surface area (Å²) in [5, 5.41) is 0. The van der Waals surface area contributed by atoms with Crippen molar-refractivity contribution in [3.63, 3.8) is 0 Å². The van der Waals surface area contributed by atoms with Gasteiger partial charge in [0, 0.05) is 0 Å². The topological polar surface area (TPSA) is 48.6 Å². The normalized spacial score (nSPS) is 18.0. The fourth-order valence-corrected chi connectivity index (χ4v) is 3.44. The van der Waals surface area contributed by atoms with Crippen LogP contribution in [0.4, 0.5) is 0 Å². The monoisotopic (exact) mass is 234 g/mol. The van der Waals surface area contributed by atoms with Crippen molar-refractivity contribution in [3.05, 3.63) is 34.2 Å². The second-order valence-electron chi connectivity index (χ2n) is 4.27. The van der Waals surface area contributed by atoms with Gasteiger partial charge in [-0.25, -0.2) is 4.79 Å². The average Bonchev–Trinajstić information content (AvgIpc) is 2.69. The molecule has 3 nitrogen and oxygen atoms in total. The molecule has 0 bridgehead atoms. The van der Waals surface area contributed by atoms with Gasteiger partial charge in [-0.1, -0.05) is 6.07 Å². The van der Waals surface area contributed by atoms with Crippen LogP contribution in [-0.2, 0) is 0 Å². The Hall–Kier alpha value is -1.16. The molecule has 0 saturated carbocycles. The Kier molecular flexibility index (Phi) is 2.52. The minimum Gasteiger partial charge on any atom is -0.306 e. The molecule has 1 fully saturated rings. The Labute approximate surface area is 97.6 Å². The molecule has 1 saturated heterocycles. The van der Waals surface area contributed by atoms with E-state index in [0.29, 0.717) is 5.92 Å². The molecule has 2 heterocycles. The molecule has 0 aliphatic carbocycles. The molecule has 1 aliphatic heterocycles. The molecule has 2 N–H and O–H groups in total. The molecule has 0 unspecified atom stereocenters. The van der Waals surface area contributed by atoms with Crippen molar-refractivity contribution in [2.75, 3.05) is 11.5 Å². The summed E-state index contributed by atoms with van der Waals surface area (Å²) in [7, 11) is 0. The van der Waals surface area contributed by atoms with Gasteiger partial charge in [0.25, 0.3) is 0 Å². The summed E-state index contributed by atoms with van der Waals surface area (Å²) in [6, 6.07) is 6.27. The minimum absolute atomic E-state index is 0.119. The molecular formula is C12H14N2OS. The van der Waals surface area contributed by atoms with E-state index in [1.807, 2.05) is 17.8 Å². The van der Waals surface area contributed by atoms with Gasteiger partial charge in [-0.3, -0.25) is 0 Å². The molecule has 0 atom stereocenters. The number of benzene rings is 1. The van der Waals surface area contributed by atoms with Crippen LogP contribution in [-0.4, -0.2) is 21.5 Å². The lowest BCUT2D eigenvalue weighted by Gasteiger charge is -2.21. The molecule has 2 aromatic rings. The number of H-pyrrole nitrogens is 2. The maximum atomic E-state index is 11.2. The quantitative estimate of drug-likeness (QED) is 0.796. The number of hydrogen-bond donors (Lipinski definition) is 2. The number of aromatic nitrogens is 2. The summed E-state index contributed by atoms with van der Waals surface area (Å²) in [6.07, 6.45) is 2.51. The Morgan fingerprint density at radius 1 is 1.12 bits per heavy atom. The van der Waals surface area contributed by atoms with Crippen molar-refractivity contribution < 1.29 is 0 Å².